The second-order valence-corrected chi connectivity index (χ2v) is 11.1. The van der Waals surface area contributed by atoms with Gasteiger partial charge >= 0.3 is 0 Å². The molecule has 0 aliphatic carbocycles. The zero-order valence-corrected chi connectivity index (χ0v) is 25.3. The van der Waals surface area contributed by atoms with Crippen LogP contribution < -0.4 is 14.2 Å². The fraction of sp³-hybridized carbons (Fsp3) is 0.455. The van der Waals surface area contributed by atoms with Gasteiger partial charge in [-0.1, -0.05) is 32.0 Å². The number of fused-ring (bicyclic) bond motifs is 1. The maximum atomic E-state index is 14.1. The average molecular weight is 593 g/mol. The van der Waals surface area contributed by atoms with Gasteiger partial charge in [0.25, 0.3) is 5.91 Å². The number of rotatable bonds is 13. The lowest BCUT2D eigenvalue weighted by Crippen LogP contribution is -2.43. The molecule has 1 N–H and O–H groups in total. The van der Waals surface area contributed by atoms with Gasteiger partial charge in [0.2, 0.25) is 5.78 Å². The van der Waals surface area contributed by atoms with Gasteiger partial charge in [0, 0.05) is 31.6 Å². The molecule has 5 rings (SSSR count). The number of methoxy groups -OCH3 is 1. The number of aliphatic hydroxyl groups is 1. The summed E-state index contributed by atoms with van der Waals surface area (Å²) in [6.45, 7) is 10.7. The maximum absolute atomic E-state index is 14.1. The van der Waals surface area contributed by atoms with Crippen molar-refractivity contribution in [2.24, 2.45) is 5.92 Å². The number of aliphatic hydroxyl groups excluding tert-OH is 1. The Bertz CT molecular complexity index is 1490. The third kappa shape index (κ3) is 6.50. The van der Waals surface area contributed by atoms with Gasteiger partial charge in [-0.15, -0.1) is 0 Å². The van der Waals surface area contributed by atoms with Crippen molar-refractivity contribution in [2.45, 2.75) is 33.2 Å². The van der Waals surface area contributed by atoms with Gasteiger partial charge in [-0.25, -0.2) is 0 Å². The third-order valence-electron chi connectivity index (χ3n) is 7.80. The molecule has 1 fully saturated rings. The summed E-state index contributed by atoms with van der Waals surface area (Å²) >= 11 is 0. The van der Waals surface area contributed by atoms with E-state index in [9.17, 15) is 14.7 Å². The van der Waals surface area contributed by atoms with Crippen LogP contribution in [-0.2, 0) is 9.53 Å². The number of amides is 1. The van der Waals surface area contributed by atoms with Gasteiger partial charge in [-0.3, -0.25) is 14.5 Å². The third-order valence-corrected chi connectivity index (χ3v) is 7.80. The minimum absolute atomic E-state index is 0.00699. The van der Waals surface area contributed by atoms with Crippen LogP contribution in [0.1, 0.15) is 49.4 Å². The summed E-state index contributed by atoms with van der Waals surface area (Å²) in [5.74, 6) is 0.308. The Labute approximate surface area is 251 Å². The Morgan fingerprint density at radius 2 is 1.84 bits per heavy atom. The Balaban J connectivity index is 1.52. The number of Topliss-reactive ketones (excluding diaryl/α,β-unsaturated/α-hetero) is 1. The van der Waals surface area contributed by atoms with Gasteiger partial charge in [0.05, 0.1) is 45.2 Å². The van der Waals surface area contributed by atoms with Crippen molar-refractivity contribution < 1.29 is 38.1 Å². The molecule has 3 heterocycles. The fourth-order valence-corrected chi connectivity index (χ4v) is 5.47. The first-order valence-corrected chi connectivity index (χ1v) is 14.9. The number of benzene rings is 2. The molecule has 2 aromatic carbocycles. The quantitative estimate of drug-likeness (QED) is 0.269. The van der Waals surface area contributed by atoms with E-state index in [0.29, 0.717) is 79.2 Å². The smallest absolute Gasteiger partial charge is 0.290 e. The van der Waals surface area contributed by atoms with E-state index >= 15 is 0 Å². The minimum atomic E-state index is -0.861. The van der Waals surface area contributed by atoms with Crippen LogP contribution in [-0.4, -0.2) is 86.3 Å². The predicted octanol–water partition coefficient (Wildman–Crippen LogP) is 5.18. The highest BCUT2D eigenvalue weighted by molar-refractivity contribution is 6.16. The molecule has 0 saturated carbocycles. The predicted molar refractivity (Wildman–Crippen MR) is 161 cm³/mol. The first kappa shape index (κ1) is 30.4. The largest absolute Gasteiger partial charge is 0.503 e. The fourth-order valence-electron chi connectivity index (χ4n) is 5.47. The van der Waals surface area contributed by atoms with E-state index in [0.717, 1.165) is 19.5 Å². The van der Waals surface area contributed by atoms with E-state index in [-0.39, 0.29) is 11.3 Å². The number of carbonyl (C=O) groups excluding carboxylic acids is 2. The summed E-state index contributed by atoms with van der Waals surface area (Å²) in [5, 5.41) is 11.9. The molecule has 1 amide bonds. The Morgan fingerprint density at radius 1 is 1.05 bits per heavy atom. The maximum Gasteiger partial charge on any atom is 0.290 e. The summed E-state index contributed by atoms with van der Waals surface area (Å²) in [6, 6.07) is 11.5. The summed E-state index contributed by atoms with van der Waals surface area (Å²) in [6.07, 6.45) is 0.886. The van der Waals surface area contributed by atoms with Crippen molar-refractivity contribution in [1.29, 1.82) is 0 Å². The highest BCUT2D eigenvalue weighted by Gasteiger charge is 2.45. The molecular weight excluding hydrogens is 552 g/mol. The van der Waals surface area contributed by atoms with Crippen LogP contribution in [0.4, 0.5) is 0 Å². The van der Waals surface area contributed by atoms with Crippen molar-refractivity contribution in [3.8, 4) is 17.2 Å². The van der Waals surface area contributed by atoms with Crippen molar-refractivity contribution in [2.75, 3.05) is 59.7 Å². The zero-order valence-electron chi connectivity index (χ0n) is 25.3. The molecule has 10 heteroatoms. The molecular formula is C33H40N2O8. The van der Waals surface area contributed by atoms with E-state index in [1.165, 1.54) is 7.11 Å². The van der Waals surface area contributed by atoms with Crippen LogP contribution in [0.15, 0.2) is 58.2 Å². The number of morpholine rings is 1. The number of nitrogens with zero attached hydrogens (tertiary/aromatic N) is 2. The Morgan fingerprint density at radius 3 is 2.56 bits per heavy atom. The SMILES string of the molecule is CCOc1cc(C2C(C(=O)c3cc4cccc(OC)c4o3)=C(O)C(=O)N2CCN2CCOCC2)ccc1OCCC(C)C. The number of furan rings is 1. The van der Waals surface area contributed by atoms with Crippen molar-refractivity contribution in [1.82, 2.24) is 9.80 Å². The minimum Gasteiger partial charge on any atom is -0.503 e. The molecule has 1 unspecified atom stereocenters. The number of ether oxygens (including phenoxy) is 4. The summed E-state index contributed by atoms with van der Waals surface area (Å²) in [7, 11) is 1.53. The molecule has 43 heavy (non-hydrogen) atoms. The number of ketones is 1. The Kier molecular flexibility index (Phi) is 9.57. The van der Waals surface area contributed by atoms with Gasteiger partial charge in [0.15, 0.2) is 34.4 Å². The molecule has 0 bridgehead atoms. The topological polar surface area (TPSA) is 111 Å². The second kappa shape index (κ2) is 13.5. The van der Waals surface area contributed by atoms with Crippen LogP contribution in [0.25, 0.3) is 11.0 Å². The van der Waals surface area contributed by atoms with Crippen molar-refractivity contribution in [3.05, 3.63) is 65.1 Å². The molecule has 0 radical (unpaired) electrons. The highest BCUT2D eigenvalue weighted by Crippen LogP contribution is 2.42. The molecule has 1 saturated heterocycles. The number of hydrogen-bond acceptors (Lipinski definition) is 9. The first-order chi connectivity index (χ1) is 20.8. The molecule has 1 aromatic heterocycles. The van der Waals surface area contributed by atoms with E-state index in [2.05, 4.69) is 18.7 Å². The van der Waals surface area contributed by atoms with Crippen LogP contribution in [0.3, 0.4) is 0 Å². The lowest BCUT2D eigenvalue weighted by Gasteiger charge is -2.31. The molecule has 3 aromatic rings. The van der Waals surface area contributed by atoms with E-state index in [1.807, 2.05) is 19.1 Å². The van der Waals surface area contributed by atoms with Crippen LogP contribution in [0.5, 0.6) is 17.2 Å². The molecule has 10 nitrogen and oxygen atoms in total. The number of carbonyl (C=O) groups is 2. The molecule has 230 valence electrons. The first-order valence-electron chi connectivity index (χ1n) is 14.9. The molecule has 2 aliphatic rings. The lowest BCUT2D eigenvalue weighted by molar-refractivity contribution is -0.129. The Hall–Kier alpha value is -4.02. The van der Waals surface area contributed by atoms with Crippen molar-refractivity contribution in [3.63, 3.8) is 0 Å². The van der Waals surface area contributed by atoms with Gasteiger partial charge < -0.3 is 33.4 Å². The zero-order chi connectivity index (χ0) is 30.5. The summed E-state index contributed by atoms with van der Waals surface area (Å²) in [4.78, 5) is 31.4. The molecule has 1 atom stereocenters. The number of para-hydroxylation sites is 1. The summed E-state index contributed by atoms with van der Waals surface area (Å²) < 4.78 is 28.8. The second-order valence-electron chi connectivity index (χ2n) is 11.1. The average Bonchev–Trinajstić information content (AvgIpc) is 3.56. The summed E-state index contributed by atoms with van der Waals surface area (Å²) in [5.41, 5.74) is 0.997. The van der Waals surface area contributed by atoms with E-state index < -0.39 is 23.5 Å². The standard InChI is InChI=1S/C33H40N2O8/c1-5-41-26-19-22(9-10-24(26)42-16-11-21(2)3)29-28(30(36)27-20-23-7-6-8-25(39-4)32(23)43-27)31(37)33(38)35(29)13-12-34-14-17-40-18-15-34/h6-10,19-21,29,37H,5,11-18H2,1-4H3. The van der Waals surface area contributed by atoms with Gasteiger partial charge in [0.1, 0.15) is 0 Å². The highest BCUT2D eigenvalue weighted by atomic mass is 16.5. The lowest BCUT2D eigenvalue weighted by atomic mass is 9.94. The van der Waals surface area contributed by atoms with Crippen LogP contribution in [0.2, 0.25) is 0 Å². The van der Waals surface area contributed by atoms with E-state index in [4.69, 9.17) is 23.4 Å². The molecule has 2 aliphatic heterocycles. The van der Waals surface area contributed by atoms with Crippen LogP contribution >= 0.6 is 0 Å². The van der Waals surface area contributed by atoms with E-state index in [1.54, 1.807) is 35.2 Å². The van der Waals surface area contributed by atoms with Crippen LogP contribution in [0, 0.1) is 5.92 Å². The molecule has 0 spiro atoms. The normalized spacial score (nSPS) is 17.7. The number of hydrogen-bond donors (Lipinski definition) is 1. The van der Waals surface area contributed by atoms with Crippen molar-refractivity contribution >= 4 is 22.7 Å². The monoisotopic (exact) mass is 592 g/mol. The van der Waals surface area contributed by atoms with Gasteiger partial charge in [-0.05, 0) is 49.1 Å². The van der Waals surface area contributed by atoms with Gasteiger partial charge in [-0.2, -0.15) is 0 Å².